The van der Waals surface area contributed by atoms with E-state index in [4.69, 9.17) is 0 Å². The van der Waals surface area contributed by atoms with Crippen molar-refractivity contribution in [2.24, 2.45) is 5.92 Å². The third-order valence-corrected chi connectivity index (χ3v) is 10.5. The van der Waals surface area contributed by atoms with E-state index in [-0.39, 0.29) is 6.04 Å². The fourth-order valence-corrected chi connectivity index (χ4v) is 7.43. The normalized spacial score (nSPS) is 24.0. The van der Waals surface area contributed by atoms with Gasteiger partial charge in [0.05, 0.1) is 11.7 Å². The summed E-state index contributed by atoms with van der Waals surface area (Å²) in [6.45, 7) is 16.8. The van der Waals surface area contributed by atoms with Crippen molar-refractivity contribution in [3.8, 4) is 0 Å². The smallest absolute Gasteiger partial charge is 0.0706 e. The van der Waals surface area contributed by atoms with Crippen LogP contribution in [0, 0.1) is 12.8 Å². The molecule has 0 spiro atoms. The number of hydrogen-bond acceptors (Lipinski definition) is 2. The highest BCUT2D eigenvalue weighted by molar-refractivity contribution is 5.77. The molecule has 0 saturated carbocycles. The summed E-state index contributed by atoms with van der Waals surface area (Å²) >= 11 is 0. The molecule has 4 aliphatic rings. The summed E-state index contributed by atoms with van der Waals surface area (Å²) in [4.78, 5) is 4.76. The average Bonchev–Trinajstić information content (AvgIpc) is 3.42. The highest BCUT2D eigenvalue weighted by atomic mass is 15.2. The first-order valence-corrected chi connectivity index (χ1v) is 21.1. The Labute approximate surface area is 350 Å². The number of fused-ring (bicyclic) bond motifs is 1. The van der Waals surface area contributed by atoms with E-state index < -0.39 is 0 Å². The van der Waals surface area contributed by atoms with Crippen molar-refractivity contribution in [3.05, 3.63) is 239 Å². The molecule has 58 heavy (non-hydrogen) atoms. The Morgan fingerprint density at radius 1 is 0.845 bits per heavy atom. The van der Waals surface area contributed by atoms with Crippen molar-refractivity contribution >= 4 is 17.3 Å². The molecule has 2 nitrogen and oxygen atoms in total. The van der Waals surface area contributed by atoms with Crippen molar-refractivity contribution in [2.45, 2.75) is 79.7 Å². The lowest BCUT2D eigenvalue weighted by atomic mass is 9.96. The van der Waals surface area contributed by atoms with Gasteiger partial charge in [-0.05, 0) is 129 Å². The Morgan fingerprint density at radius 3 is 2.50 bits per heavy atom. The predicted octanol–water partition coefficient (Wildman–Crippen LogP) is 15.1. The molecule has 0 radical (unpaired) electrons. The summed E-state index contributed by atoms with van der Waals surface area (Å²) < 4.78 is 0. The molecule has 2 unspecified atom stereocenters. The van der Waals surface area contributed by atoms with Crippen LogP contribution in [0.1, 0.15) is 82.6 Å². The average molecular weight is 763 g/mol. The third-order valence-electron chi connectivity index (χ3n) is 10.5. The van der Waals surface area contributed by atoms with Crippen LogP contribution < -0.4 is 4.90 Å². The minimum Gasteiger partial charge on any atom is -0.335 e. The van der Waals surface area contributed by atoms with Crippen LogP contribution in [0.3, 0.4) is 0 Å². The van der Waals surface area contributed by atoms with Gasteiger partial charge in [-0.2, -0.15) is 0 Å². The number of nitrogens with zero attached hydrogens (tertiary/aromatic N) is 2. The molecule has 0 aliphatic heterocycles. The highest BCUT2D eigenvalue weighted by Crippen LogP contribution is 2.32. The van der Waals surface area contributed by atoms with E-state index >= 15 is 0 Å². The monoisotopic (exact) mass is 762 g/mol. The third kappa shape index (κ3) is 11.7. The van der Waals surface area contributed by atoms with E-state index in [9.17, 15) is 0 Å². The van der Waals surface area contributed by atoms with E-state index in [1.807, 2.05) is 32.9 Å². The van der Waals surface area contributed by atoms with Crippen molar-refractivity contribution in [2.75, 3.05) is 4.90 Å². The van der Waals surface area contributed by atoms with Gasteiger partial charge >= 0.3 is 0 Å². The van der Waals surface area contributed by atoms with Gasteiger partial charge in [0, 0.05) is 29.2 Å². The predicted molar refractivity (Wildman–Crippen MR) is 255 cm³/mol. The van der Waals surface area contributed by atoms with Crippen LogP contribution in [0.25, 0.3) is 11.6 Å². The van der Waals surface area contributed by atoms with E-state index in [2.05, 4.69) is 213 Å². The number of rotatable bonds is 10. The summed E-state index contributed by atoms with van der Waals surface area (Å²) in [7, 11) is 0. The van der Waals surface area contributed by atoms with E-state index in [1.165, 1.54) is 39.2 Å². The lowest BCUT2D eigenvalue weighted by Gasteiger charge is -2.33. The standard InChI is InChI=1S/C54H56N2.C2H6/c1-6-8-25-50(7-2)55(44(5)32-34-45-21-14-12-13-20-43(45)4)51-28-17-22-46(23-18-29-51)47-35-39-54(40-36-47)56(52-26-15-10-9-11-16-27-52)53-30-19-24-49-41-42(3)31-33-48(49)37-38-53;1-2/h6-11,13-15,17-23,25-26,30-41,43,53H,2,12,16,24,27-28H2,1,3-5H3;1-2H3/b8-6-,11-9-,15-10-,22-17-,30-19-,38-37?,44-32+,45-34-,46-23+,50-25+,52-26+;. The van der Waals surface area contributed by atoms with Gasteiger partial charge in [0.2, 0.25) is 0 Å². The van der Waals surface area contributed by atoms with Gasteiger partial charge < -0.3 is 9.80 Å². The molecule has 2 aromatic rings. The molecule has 2 atom stereocenters. The maximum absolute atomic E-state index is 4.18. The second kappa shape index (κ2) is 22.6. The van der Waals surface area contributed by atoms with Crippen molar-refractivity contribution in [3.63, 3.8) is 0 Å². The van der Waals surface area contributed by atoms with Crippen LogP contribution in [-0.2, 0) is 6.42 Å². The first-order valence-electron chi connectivity index (χ1n) is 21.1. The second-order valence-electron chi connectivity index (χ2n) is 14.6. The number of hydrogen-bond donors (Lipinski definition) is 0. The van der Waals surface area contributed by atoms with Gasteiger partial charge in [0.25, 0.3) is 0 Å². The molecule has 0 fully saturated rings. The lowest BCUT2D eigenvalue weighted by molar-refractivity contribution is 0.533. The summed E-state index contributed by atoms with van der Waals surface area (Å²) in [5.41, 5.74) is 16.9. The fraction of sp³-hybridized carbons (Fsp3) is 0.232. The van der Waals surface area contributed by atoms with Gasteiger partial charge in [-0.15, -0.1) is 0 Å². The number of allylic oxidation sites excluding steroid dienone is 23. The Bertz CT molecular complexity index is 2220. The molecule has 2 heteroatoms. The highest BCUT2D eigenvalue weighted by Gasteiger charge is 2.20. The molecule has 2 aromatic carbocycles. The Morgan fingerprint density at radius 2 is 1.69 bits per heavy atom. The molecule has 0 heterocycles. The van der Waals surface area contributed by atoms with E-state index in [0.717, 1.165) is 54.8 Å². The van der Waals surface area contributed by atoms with Crippen LogP contribution in [-0.4, -0.2) is 10.9 Å². The van der Waals surface area contributed by atoms with Gasteiger partial charge in [-0.25, -0.2) is 0 Å². The first-order chi connectivity index (χ1) is 28.4. The summed E-state index contributed by atoms with van der Waals surface area (Å²) in [5.74, 6) is 0.374. The van der Waals surface area contributed by atoms with Crippen LogP contribution in [0.4, 0.5) is 5.69 Å². The lowest BCUT2D eigenvalue weighted by Crippen LogP contribution is -2.32. The van der Waals surface area contributed by atoms with Crippen LogP contribution in [0.2, 0.25) is 0 Å². The van der Waals surface area contributed by atoms with Crippen molar-refractivity contribution < 1.29 is 0 Å². The molecular weight excluding hydrogens is 701 g/mol. The largest absolute Gasteiger partial charge is 0.335 e. The molecular formula is C56H62N2. The van der Waals surface area contributed by atoms with Gasteiger partial charge in [-0.1, -0.05) is 172 Å². The van der Waals surface area contributed by atoms with Crippen LogP contribution >= 0.6 is 0 Å². The molecule has 6 rings (SSSR count). The molecule has 0 amide bonds. The van der Waals surface area contributed by atoms with Gasteiger partial charge in [0.15, 0.2) is 0 Å². The molecule has 0 N–H and O–H groups in total. The second-order valence-corrected chi connectivity index (χ2v) is 14.6. The van der Waals surface area contributed by atoms with Crippen molar-refractivity contribution in [1.82, 2.24) is 4.90 Å². The minimum absolute atomic E-state index is 0.0909. The maximum Gasteiger partial charge on any atom is 0.0706 e. The summed E-state index contributed by atoms with van der Waals surface area (Å²) in [6, 6.07) is 15.9. The maximum atomic E-state index is 4.18. The van der Waals surface area contributed by atoms with Gasteiger partial charge in [0.1, 0.15) is 0 Å². The van der Waals surface area contributed by atoms with E-state index in [0.29, 0.717) is 5.92 Å². The zero-order chi connectivity index (χ0) is 41.1. The minimum atomic E-state index is 0.0909. The molecule has 0 bridgehead atoms. The summed E-state index contributed by atoms with van der Waals surface area (Å²) in [5, 5.41) is 0. The zero-order valence-corrected chi connectivity index (χ0v) is 35.6. The van der Waals surface area contributed by atoms with Crippen molar-refractivity contribution in [1.29, 1.82) is 0 Å². The number of benzene rings is 2. The van der Waals surface area contributed by atoms with Gasteiger partial charge in [-0.3, -0.25) is 0 Å². The van der Waals surface area contributed by atoms with E-state index in [1.54, 1.807) is 0 Å². The van der Waals surface area contributed by atoms with Crippen LogP contribution in [0.15, 0.2) is 217 Å². The first kappa shape index (κ1) is 43.1. The quantitative estimate of drug-likeness (QED) is 0.135. The topological polar surface area (TPSA) is 6.48 Å². The summed E-state index contributed by atoms with van der Waals surface area (Å²) in [6.07, 6.45) is 55.2. The number of anilines is 1. The Balaban J connectivity index is 0.00000315. The Kier molecular flexibility index (Phi) is 16.8. The number of aryl methyl sites for hydroxylation is 1. The molecule has 296 valence electrons. The Hall–Kier alpha value is -6.08. The molecule has 0 aromatic heterocycles. The van der Waals surface area contributed by atoms with Crippen LogP contribution in [0.5, 0.6) is 0 Å². The molecule has 4 aliphatic carbocycles. The molecule has 0 saturated heterocycles. The SMILES string of the molecule is C=C/C(=C\C=C/C)N(C1=C=C/C=C(c2ccc(N(/C3=C/C=C\C=C/CC3)C3C=Cc4ccc(C)cc4C/C=C\3)cc2)\C=C/C1)/C(C)=C/C=C1/C=CCC=CC1C.CC. The fourth-order valence-electron chi connectivity index (χ4n) is 7.43. The zero-order valence-electron chi connectivity index (χ0n) is 35.6.